The van der Waals surface area contributed by atoms with Crippen molar-refractivity contribution < 1.29 is 4.39 Å². The first-order chi connectivity index (χ1) is 7.24. The van der Waals surface area contributed by atoms with E-state index in [-0.39, 0.29) is 5.82 Å². The van der Waals surface area contributed by atoms with E-state index < -0.39 is 0 Å². The molecular weight excluding hydrogens is 233 g/mol. The summed E-state index contributed by atoms with van der Waals surface area (Å²) in [6.07, 6.45) is 0. The normalized spacial score (nSPS) is 10.3. The molecule has 0 radical (unpaired) electrons. The van der Waals surface area contributed by atoms with Gasteiger partial charge in [-0.1, -0.05) is 11.6 Å². The summed E-state index contributed by atoms with van der Waals surface area (Å²) < 4.78 is 13.4. The highest BCUT2D eigenvalue weighted by Crippen LogP contribution is 2.22. The molecule has 1 aromatic heterocycles. The van der Waals surface area contributed by atoms with E-state index >= 15 is 0 Å². The van der Waals surface area contributed by atoms with E-state index in [9.17, 15) is 4.39 Å². The zero-order valence-electron chi connectivity index (χ0n) is 7.84. The topological polar surface area (TPSA) is 12.0 Å². The number of benzene rings is 1. The maximum atomic E-state index is 12.6. The lowest BCUT2D eigenvalue weighted by Crippen LogP contribution is -1.96. The van der Waals surface area contributed by atoms with Crippen LogP contribution in [0.1, 0.15) is 4.88 Å². The first-order valence-electron chi connectivity index (χ1n) is 4.48. The summed E-state index contributed by atoms with van der Waals surface area (Å²) in [6.45, 7) is 0.711. The molecule has 1 heterocycles. The molecule has 2 rings (SSSR count). The van der Waals surface area contributed by atoms with Crippen LogP contribution in [0.2, 0.25) is 4.34 Å². The number of anilines is 1. The smallest absolute Gasteiger partial charge is 0.123 e. The van der Waals surface area contributed by atoms with Crippen molar-refractivity contribution in [2.75, 3.05) is 5.32 Å². The zero-order chi connectivity index (χ0) is 10.7. The van der Waals surface area contributed by atoms with Crippen molar-refractivity contribution in [1.82, 2.24) is 0 Å². The molecule has 0 fully saturated rings. The molecule has 1 nitrogen and oxygen atoms in total. The van der Waals surface area contributed by atoms with Crippen LogP contribution in [0.15, 0.2) is 36.4 Å². The average molecular weight is 242 g/mol. The van der Waals surface area contributed by atoms with Gasteiger partial charge >= 0.3 is 0 Å². The Morgan fingerprint density at radius 3 is 2.47 bits per heavy atom. The zero-order valence-corrected chi connectivity index (χ0v) is 9.41. The molecule has 0 aliphatic heterocycles. The van der Waals surface area contributed by atoms with Crippen LogP contribution in [0.4, 0.5) is 10.1 Å². The van der Waals surface area contributed by atoms with Crippen molar-refractivity contribution in [3.63, 3.8) is 0 Å². The van der Waals surface area contributed by atoms with Crippen LogP contribution < -0.4 is 5.32 Å². The van der Waals surface area contributed by atoms with E-state index in [4.69, 9.17) is 11.6 Å². The molecule has 0 saturated carbocycles. The number of nitrogens with one attached hydrogen (secondary N) is 1. The summed E-state index contributed by atoms with van der Waals surface area (Å²) in [4.78, 5) is 1.16. The van der Waals surface area contributed by atoms with E-state index in [0.717, 1.165) is 14.9 Å². The summed E-state index contributed by atoms with van der Waals surface area (Å²) in [5.41, 5.74) is 0.904. The van der Waals surface area contributed by atoms with E-state index in [0.29, 0.717) is 6.54 Å². The molecule has 1 N–H and O–H groups in total. The number of rotatable bonds is 3. The van der Waals surface area contributed by atoms with Gasteiger partial charge in [-0.05, 0) is 36.4 Å². The molecule has 0 spiro atoms. The van der Waals surface area contributed by atoms with Crippen LogP contribution in [0.3, 0.4) is 0 Å². The third kappa shape index (κ3) is 2.94. The fraction of sp³-hybridized carbons (Fsp3) is 0.0909. The van der Waals surface area contributed by atoms with Gasteiger partial charge in [-0.2, -0.15) is 0 Å². The molecule has 0 bridgehead atoms. The van der Waals surface area contributed by atoms with Crippen molar-refractivity contribution in [2.45, 2.75) is 6.54 Å². The highest BCUT2D eigenvalue weighted by molar-refractivity contribution is 7.16. The van der Waals surface area contributed by atoms with Crippen molar-refractivity contribution >= 4 is 28.6 Å². The monoisotopic (exact) mass is 241 g/mol. The highest BCUT2D eigenvalue weighted by Gasteiger charge is 1.98. The van der Waals surface area contributed by atoms with E-state index in [1.165, 1.54) is 23.5 Å². The third-order valence-electron chi connectivity index (χ3n) is 1.94. The quantitative estimate of drug-likeness (QED) is 0.851. The van der Waals surface area contributed by atoms with Gasteiger partial charge in [-0.3, -0.25) is 0 Å². The number of thiophene rings is 1. The first kappa shape index (κ1) is 10.5. The van der Waals surface area contributed by atoms with Crippen LogP contribution in [0, 0.1) is 5.82 Å². The van der Waals surface area contributed by atoms with Crippen molar-refractivity contribution in [3.8, 4) is 0 Å². The Kier molecular flexibility index (Phi) is 3.23. The van der Waals surface area contributed by atoms with Crippen molar-refractivity contribution in [2.24, 2.45) is 0 Å². The maximum Gasteiger partial charge on any atom is 0.123 e. The minimum absolute atomic E-state index is 0.222. The Labute approximate surface area is 96.5 Å². The number of hydrogen-bond donors (Lipinski definition) is 1. The average Bonchev–Trinajstić information content (AvgIpc) is 2.64. The van der Waals surface area contributed by atoms with Crippen LogP contribution in [-0.2, 0) is 6.54 Å². The Hall–Kier alpha value is -1.06. The van der Waals surface area contributed by atoms with Crippen LogP contribution in [0.5, 0.6) is 0 Å². The number of hydrogen-bond acceptors (Lipinski definition) is 2. The molecule has 1 aromatic carbocycles. The highest BCUT2D eigenvalue weighted by atomic mass is 35.5. The predicted molar refractivity (Wildman–Crippen MR) is 63.1 cm³/mol. The molecule has 15 heavy (non-hydrogen) atoms. The lowest BCUT2D eigenvalue weighted by molar-refractivity contribution is 0.628. The van der Waals surface area contributed by atoms with Crippen LogP contribution >= 0.6 is 22.9 Å². The molecule has 78 valence electrons. The molecule has 0 aliphatic carbocycles. The van der Waals surface area contributed by atoms with Crippen molar-refractivity contribution in [3.05, 3.63) is 51.4 Å². The second-order valence-electron chi connectivity index (χ2n) is 3.07. The van der Waals surface area contributed by atoms with Gasteiger partial charge < -0.3 is 5.32 Å². The molecule has 0 atom stereocenters. The van der Waals surface area contributed by atoms with E-state index in [1.807, 2.05) is 12.1 Å². The fourth-order valence-electron chi connectivity index (χ4n) is 1.20. The van der Waals surface area contributed by atoms with Gasteiger partial charge in [0.2, 0.25) is 0 Å². The van der Waals surface area contributed by atoms with Gasteiger partial charge in [-0.25, -0.2) is 4.39 Å². The molecule has 2 aromatic rings. The summed E-state index contributed by atoms with van der Waals surface area (Å²) in [5.74, 6) is -0.222. The minimum atomic E-state index is -0.222. The lowest BCUT2D eigenvalue weighted by atomic mass is 10.3. The van der Waals surface area contributed by atoms with Gasteiger partial charge in [0.1, 0.15) is 5.82 Å². The fourth-order valence-corrected chi connectivity index (χ4v) is 2.23. The summed E-state index contributed by atoms with van der Waals surface area (Å²) >= 11 is 7.34. The largest absolute Gasteiger partial charge is 0.380 e. The Morgan fingerprint density at radius 2 is 1.87 bits per heavy atom. The Morgan fingerprint density at radius 1 is 1.13 bits per heavy atom. The lowest BCUT2D eigenvalue weighted by Gasteiger charge is -2.03. The standard InChI is InChI=1S/C11H9ClFNS/c12-11-6-5-10(15-11)7-14-9-3-1-8(13)2-4-9/h1-6,14H,7H2. The number of halogens is 2. The summed E-state index contributed by atoms with van der Waals surface area (Å²) in [5, 5.41) is 3.19. The Bertz CT molecular complexity index is 438. The molecule has 0 unspecified atom stereocenters. The molecular formula is C11H9ClFNS. The van der Waals surface area contributed by atoms with Crippen LogP contribution in [0.25, 0.3) is 0 Å². The molecule has 0 aliphatic rings. The maximum absolute atomic E-state index is 12.6. The summed E-state index contributed by atoms with van der Waals surface area (Å²) in [7, 11) is 0. The van der Waals surface area contributed by atoms with Gasteiger partial charge in [0.05, 0.1) is 4.34 Å². The van der Waals surface area contributed by atoms with E-state index in [1.54, 1.807) is 12.1 Å². The van der Waals surface area contributed by atoms with Crippen molar-refractivity contribution in [1.29, 1.82) is 0 Å². The minimum Gasteiger partial charge on any atom is -0.380 e. The van der Waals surface area contributed by atoms with Gasteiger partial charge in [-0.15, -0.1) is 11.3 Å². The van der Waals surface area contributed by atoms with Gasteiger partial charge in [0.25, 0.3) is 0 Å². The molecule has 0 saturated heterocycles. The second kappa shape index (κ2) is 4.64. The molecule has 0 amide bonds. The third-order valence-corrected chi connectivity index (χ3v) is 3.17. The molecule has 4 heteroatoms. The Balaban J connectivity index is 1.96. The summed E-state index contributed by atoms with van der Waals surface area (Å²) in [6, 6.07) is 10.1. The van der Waals surface area contributed by atoms with E-state index in [2.05, 4.69) is 5.32 Å². The predicted octanol–water partition coefficient (Wildman–Crippen LogP) is 4.15. The second-order valence-corrected chi connectivity index (χ2v) is 4.87. The van der Waals surface area contributed by atoms with Gasteiger partial charge in [0, 0.05) is 17.1 Å². The van der Waals surface area contributed by atoms with Crippen LogP contribution in [-0.4, -0.2) is 0 Å². The SMILES string of the molecule is Fc1ccc(NCc2ccc(Cl)s2)cc1. The van der Waals surface area contributed by atoms with Gasteiger partial charge in [0.15, 0.2) is 0 Å². The first-order valence-corrected chi connectivity index (χ1v) is 5.67.